The van der Waals surface area contributed by atoms with E-state index in [0.717, 1.165) is 11.0 Å². The van der Waals surface area contributed by atoms with Gasteiger partial charge in [0.15, 0.2) is 0 Å². The van der Waals surface area contributed by atoms with Crippen LogP contribution in [-0.4, -0.2) is 19.8 Å². The molecular formula is C18H16N2O3S. The number of nitriles is 1. The van der Waals surface area contributed by atoms with Gasteiger partial charge in [-0.25, -0.2) is 8.42 Å². The number of sulfonamides is 1. The van der Waals surface area contributed by atoms with Crippen molar-refractivity contribution < 1.29 is 12.8 Å². The van der Waals surface area contributed by atoms with E-state index in [1.54, 1.807) is 6.92 Å². The van der Waals surface area contributed by atoms with E-state index < -0.39 is 16.1 Å². The molecule has 0 N–H and O–H groups in total. The summed E-state index contributed by atoms with van der Waals surface area (Å²) < 4.78 is 32.6. The van der Waals surface area contributed by atoms with Gasteiger partial charge in [0.25, 0.3) is 0 Å². The van der Waals surface area contributed by atoms with Gasteiger partial charge < -0.3 is 4.42 Å². The third-order valence-corrected chi connectivity index (χ3v) is 6.00. The zero-order chi connectivity index (χ0) is 17.3. The van der Waals surface area contributed by atoms with E-state index in [1.165, 1.54) is 35.6 Å². The maximum Gasteiger partial charge on any atom is 0.243 e. The van der Waals surface area contributed by atoms with Crippen LogP contribution in [0, 0.1) is 11.3 Å². The second kappa shape index (κ2) is 6.11. The fourth-order valence-corrected chi connectivity index (χ4v) is 3.80. The minimum atomic E-state index is -3.68. The third-order valence-electron chi connectivity index (χ3n) is 4.06. The molecule has 0 aliphatic rings. The van der Waals surface area contributed by atoms with E-state index in [4.69, 9.17) is 9.68 Å². The van der Waals surface area contributed by atoms with Crippen molar-refractivity contribution in [1.82, 2.24) is 4.31 Å². The van der Waals surface area contributed by atoms with E-state index in [1.807, 2.05) is 36.4 Å². The quantitative estimate of drug-likeness (QED) is 0.726. The van der Waals surface area contributed by atoms with Gasteiger partial charge in [0.1, 0.15) is 11.3 Å². The van der Waals surface area contributed by atoms with Gasteiger partial charge in [-0.05, 0) is 43.3 Å². The first-order valence-electron chi connectivity index (χ1n) is 7.40. The number of hydrogen-bond acceptors (Lipinski definition) is 4. The molecule has 0 aliphatic heterocycles. The molecule has 0 spiro atoms. The lowest BCUT2D eigenvalue weighted by molar-refractivity contribution is 0.348. The van der Waals surface area contributed by atoms with Crippen LogP contribution in [0.5, 0.6) is 0 Å². The van der Waals surface area contributed by atoms with Crippen LogP contribution in [-0.2, 0) is 10.0 Å². The molecule has 0 saturated carbocycles. The van der Waals surface area contributed by atoms with Gasteiger partial charge in [0.2, 0.25) is 10.0 Å². The third kappa shape index (κ3) is 2.80. The number of furan rings is 1. The molecule has 2 aromatic carbocycles. The van der Waals surface area contributed by atoms with Gasteiger partial charge in [-0.2, -0.15) is 9.57 Å². The molecule has 1 aromatic heterocycles. The summed E-state index contributed by atoms with van der Waals surface area (Å²) in [7, 11) is -2.17. The number of hydrogen-bond donors (Lipinski definition) is 0. The predicted molar refractivity (Wildman–Crippen MR) is 90.7 cm³/mol. The molecule has 3 rings (SSSR count). The molecular weight excluding hydrogens is 324 g/mol. The van der Waals surface area contributed by atoms with E-state index in [-0.39, 0.29) is 4.90 Å². The molecule has 0 fully saturated rings. The van der Waals surface area contributed by atoms with Gasteiger partial charge in [0, 0.05) is 12.4 Å². The lowest BCUT2D eigenvalue weighted by Gasteiger charge is -2.22. The molecule has 0 aliphatic carbocycles. The Morgan fingerprint density at radius 3 is 2.42 bits per heavy atom. The van der Waals surface area contributed by atoms with Crippen molar-refractivity contribution in [2.24, 2.45) is 0 Å². The van der Waals surface area contributed by atoms with E-state index in [2.05, 4.69) is 0 Å². The van der Waals surface area contributed by atoms with Gasteiger partial charge in [-0.1, -0.05) is 18.2 Å². The van der Waals surface area contributed by atoms with Gasteiger partial charge in [0.05, 0.1) is 22.6 Å². The van der Waals surface area contributed by atoms with Gasteiger partial charge in [-0.15, -0.1) is 0 Å². The van der Waals surface area contributed by atoms with E-state index in [0.29, 0.717) is 11.3 Å². The monoisotopic (exact) mass is 340 g/mol. The molecule has 5 nitrogen and oxygen atoms in total. The Morgan fingerprint density at radius 1 is 1.12 bits per heavy atom. The summed E-state index contributed by atoms with van der Waals surface area (Å²) in [5, 5.41) is 9.76. The van der Waals surface area contributed by atoms with Gasteiger partial charge in [-0.3, -0.25) is 0 Å². The Kier molecular flexibility index (Phi) is 4.14. The summed E-state index contributed by atoms with van der Waals surface area (Å²) in [6.45, 7) is 1.78. The number of nitrogens with zero attached hydrogens (tertiary/aromatic N) is 2. The van der Waals surface area contributed by atoms with Crippen LogP contribution in [0.3, 0.4) is 0 Å². The van der Waals surface area contributed by atoms with E-state index >= 15 is 0 Å². The largest absolute Gasteiger partial charge is 0.459 e. The Bertz CT molecular complexity index is 981. The summed E-state index contributed by atoms with van der Waals surface area (Å²) in [6.07, 6.45) is 0. The predicted octanol–water partition coefficient (Wildman–Crippen LogP) is 3.69. The number of para-hydroxylation sites is 1. The summed E-state index contributed by atoms with van der Waals surface area (Å²) >= 11 is 0. The smallest absolute Gasteiger partial charge is 0.243 e. The molecule has 122 valence electrons. The Morgan fingerprint density at radius 2 is 1.79 bits per heavy atom. The highest BCUT2D eigenvalue weighted by molar-refractivity contribution is 7.89. The van der Waals surface area contributed by atoms with Crippen molar-refractivity contribution in [2.75, 3.05) is 7.05 Å². The minimum Gasteiger partial charge on any atom is -0.459 e. The van der Waals surface area contributed by atoms with Crippen molar-refractivity contribution in [3.63, 3.8) is 0 Å². The van der Waals surface area contributed by atoms with Crippen molar-refractivity contribution in [2.45, 2.75) is 17.9 Å². The molecule has 6 heteroatoms. The molecule has 1 heterocycles. The zero-order valence-electron chi connectivity index (χ0n) is 13.3. The van der Waals surface area contributed by atoms with Crippen LogP contribution in [0.1, 0.15) is 24.3 Å². The molecule has 1 unspecified atom stereocenters. The van der Waals surface area contributed by atoms with Crippen molar-refractivity contribution in [1.29, 1.82) is 5.26 Å². The van der Waals surface area contributed by atoms with E-state index in [9.17, 15) is 8.42 Å². The summed E-state index contributed by atoms with van der Waals surface area (Å²) in [5.74, 6) is 0.580. The average Bonchev–Trinajstić information content (AvgIpc) is 3.04. The second-order valence-corrected chi connectivity index (χ2v) is 7.52. The maximum absolute atomic E-state index is 12.8. The normalized spacial score (nSPS) is 13.1. The summed E-state index contributed by atoms with van der Waals surface area (Å²) in [4.78, 5) is 0.145. The molecule has 0 amide bonds. The SMILES string of the molecule is CC(c1cc2ccccc2o1)N(C)S(=O)(=O)c1ccc(C#N)cc1. The van der Waals surface area contributed by atoms with Crippen LogP contribution in [0.4, 0.5) is 0 Å². The van der Waals surface area contributed by atoms with Crippen molar-refractivity contribution in [3.05, 3.63) is 65.9 Å². The average molecular weight is 340 g/mol. The van der Waals surface area contributed by atoms with Crippen molar-refractivity contribution >= 4 is 21.0 Å². The van der Waals surface area contributed by atoms with Crippen LogP contribution >= 0.6 is 0 Å². The number of fused-ring (bicyclic) bond motifs is 1. The Labute approximate surface area is 140 Å². The lowest BCUT2D eigenvalue weighted by Crippen LogP contribution is -2.29. The standard InChI is InChI=1S/C18H16N2O3S/c1-13(18-11-15-5-3-4-6-17(15)23-18)20(2)24(21,22)16-9-7-14(12-19)8-10-16/h3-11,13H,1-2H3. The highest BCUT2D eigenvalue weighted by Gasteiger charge is 2.28. The topological polar surface area (TPSA) is 74.3 Å². The molecule has 0 saturated heterocycles. The Hall–Kier alpha value is -2.62. The molecule has 3 aromatic rings. The summed E-state index contributed by atoms with van der Waals surface area (Å²) in [5.41, 5.74) is 1.14. The highest BCUT2D eigenvalue weighted by atomic mass is 32.2. The van der Waals surface area contributed by atoms with Crippen molar-refractivity contribution in [3.8, 4) is 6.07 Å². The fourth-order valence-electron chi connectivity index (χ4n) is 2.46. The summed E-state index contributed by atoms with van der Waals surface area (Å²) in [6, 6.07) is 16.8. The fraction of sp³-hybridized carbons (Fsp3) is 0.167. The number of benzene rings is 2. The first kappa shape index (κ1) is 16.2. The van der Waals surface area contributed by atoms with Crippen LogP contribution in [0.15, 0.2) is 63.9 Å². The van der Waals surface area contributed by atoms with Crippen LogP contribution < -0.4 is 0 Å². The number of rotatable bonds is 4. The first-order valence-corrected chi connectivity index (χ1v) is 8.84. The van der Waals surface area contributed by atoms with Crippen LogP contribution in [0.25, 0.3) is 11.0 Å². The van der Waals surface area contributed by atoms with Gasteiger partial charge >= 0.3 is 0 Å². The second-order valence-electron chi connectivity index (χ2n) is 5.52. The van der Waals surface area contributed by atoms with Crippen LogP contribution in [0.2, 0.25) is 0 Å². The molecule has 0 bridgehead atoms. The first-order chi connectivity index (χ1) is 11.4. The molecule has 24 heavy (non-hydrogen) atoms. The zero-order valence-corrected chi connectivity index (χ0v) is 14.1. The highest BCUT2D eigenvalue weighted by Crippen LogP contribution is 2.30. The molecule has 1 atom stereocenters. The molecule has 0 radical (unpaired) electrons. The maximum atomic E-state index is 12.8. The lowest BCUT2D eigenvalue weighted by atomic mass is 10.2. The minimum absolute atomic E-state index is 0.145. The Balaban J connectivity index is 1.93.